The largest absolute Gasteiger partial charge is 0.348 e. The molecular weight excluding hydrogens is 342 g/mol. The molecular formula is C18H16ClN3O3. The first kappa shape index (κ1) is 17.0. The van der Waals surface area contributed by atoms with Crippen molar-refractivity contribution in [1.82, 2.24) is 15.5 Å². The molecule has 0 saturated carbocycles. The monoisotopic (exact) mass is 357 g/mol. The summed E-state index contributed by atoms with van der Waals surface area (Å²) in [7, 11) is 0. The number of halogens is 1. The third kappa shape index (κ3) is 3.80. The Bertz CT molecular complexity index is 822. The minimum absolute atomic E-state index is 0.0142. The van der Waals surface area contributed by atoms with Crippen molar-refractivity contribution in [2.75, 3.05) is 6.54 Å². The minimum Gasteiger partial charge on any atom is -0.348 e. The van der Waals surface area contributed by atoms with Crippen molar-refractivity contribution >= 4 is 29.4 Å². The molecule has 1 fully saturated rings. The molecule has 1 saturated heterocycles. The highest BCUT2D eigenvalue weighted by Crippen LogP contribution is 2.16. The quantitative estimate of drug-likeness (QED) is 0.806. The maximum absolute atomic E-state index is 12.5. The Balaban J connectivity index is 1.74. The summed E-state index contributed by atoms with van der Waals surface area (Å²) >= 11 is 6.09. The SMILES string of the molecule is O=C(NCc1ccccc1Cl)c1ccccc1CN1C(=O)CNC1=O. The van der Waals surface area contributed by atoms with Gasteiger partial charge >= 0.3 is 6.03 Å². The van der Waals surface area contributed by atoms with Gasteiger partial charge in [-0.05, 0) is 23.3 Å². The van der Waals surface area contributed by atoms with E-state index in [0.717, 1.165) is 10.5 Å². The molecule has 2 N–H and O–H groups in total. The first-order valence-corrected chi connectivity index (χ1v) is 8.12. The Morgan fingerprint density at radius 3 is 2.44 bits per heavy atom. The molecule has 0 unspecified atom stereocenters. The van der Waals surface area contributed by atoms with Crippen LogP contribution < -0.4 is 10.6 Å². The molecule has 1 aliphatic heterocycles. The molecule has 7 heteroatoms. The first-order chi connectivity index (χ1) is 12.1. The third-order valence-corrected chi connectivity index (χ3v) is 4.29. The van der Waals surface area contributed by atoms with Crippen LogP contribution in [0.3, 0.4) is 0 Å². The molecule has 0 aromatic heterocycles. The van der Waals surface area contributed by atoms with Crippen molar-refractivity contribution < 1.29 is 14.4 Å². The van der Waals surface area contributed by atoms with E-state index in [1.165, 1.54) is 0 Å². The summed E-state index contributed by atoms with van der Waals surface area (Å²) < 4.78 is 0. The summed E-state index contributed by atoms with van der Waals surface area (Å²) in [6, 6.07) is 13.7. The highest BCUT2D eigenvalue weighted by atomic mass is 35.5. The molecule has 2 aromatic carbocycles. The van der Waals surface area contributed by atoms with Crippen LogP contribution in [0.25, 0.3) is 0 Å². The van der Waals surface area contributed by atoms with Crippen molar-refractivity contribution in [3.8, 4) is 0 Å². The number of urea groups is 1. The van der Waals surface area contributed by atoms with Crippen molar-refractivity contribution in [2.24, 2.45) is 0 Å². The smallest absolute Gasteiger partial charge is 0.324 e. The number of carbonyl (C=O) groups excluding carboxylic acids is 3. The second-order valence-corrected chi connectivity index (χ2v) is 5.98. The van der Waals surface area contributed by atoms with E-state index in [2.05, 4.69) is 10.6 Å². The van der Waals surface area contributed by atoms with Gasteiger partial charge in [0, 0.05) is 17.1 Å². The fraction of sp³-hybridized carbons (Fsp3) is 0.167. The zero-order valence-corrected chi connectivity index (χ0v) is 14.0. The third-order valence-electron chi connectivity index (χ3n) is 3.92. The summed E-state index contributed by atoms with van der Waals surface area (Å²) in [5, 5.41) is 5.86. The van der Waals surface area contributed by atoms with E-state index in [9.17, 15) is 14.4 Å². The number of benzene rings is 2. The fourth-order valence-electron chi connectivity index (χ4n) is 2.58. The molecule has 4 amide bonds. The van der Waals surface area contributed by atoms with Crippen LogP contribution in [-0.2, 0) is 17.9 Å². The standard InChI is InChI=1S/C18H16ClN3O3/c19-15-8-4-2-5-12(15)9-20-17(24)14-7-3-1-6-13(14)11-22-16(23)10-21-18(22)25/h1-8H,9-11H2,(H,20,24)(H,21,25). The second-order valence-electron chi connectivity index (χ2n) is 5.57. The zero-order chi connectivity index (χ0) is 17.8. The van der Waals surface area contributed by atoms with Crippen LogP contribution in [0.5, 0.6) is 0 Å². The highest BCUT2D eigenvalue weighted by Gasteiger charge is 2.29. The van der Waals surface area contributed by atoms with E-state index < -0.39 is 6.03 Å². The van der Waals surface area contributed by atoms with Gasteiger partial charge in [-0.1, -0.05) is 48.0 Å². The Kier molecular flexibility index (Phi) is 5.00. The molecule has 0 radical (unpaired) electrons. The number of amides is 4. The fourth-order valence-corrected chi connectivity index (χ4v) is 2.78. The van der Waals surface area contributed by atoms with Gasteiger partial charge < -0.3 is 10.6 Å². The lowest BCUT2D eigenvalue weighted by Gasteiger charge is -2.15. The average molecular weight is 358 g/mol. The predicted molar refractivity (Wildman–Crippen MR) is 93.0 cm³/mol. The Hall–Kier alpha value is -2.86. The molecule has 3 rings (SSSR count). The maximum Gasteiger partial charge on any atom is 0.324 e. The highest BCUT2D eigenvalue weighted by molar-refractivity contribution is 6.31. The summed E-state index contributed by atoms with van der Waals surface area (Å²) in [5.41, 5.74) is 1.83. The van der Waals surface area contributed by atoms with Crippen LogP contribution in [0.1, 0.15) is 21.5 Å². The normalized spacial score (nSPS) is 13.7. The van der Waals surface area contributed by atoms with Crippen LogP contribution in [0.15, 0.2) is 48.5 Å². The number of carbonyl (C=O) groups is 3. The predicted octanol–water partition coefficient (Wildman–Crippen LogP) is 2.32. The van der Waals surface area contributed by atoms with Crippen molar-refractivity contribution in [1.29, 1.82) is 0 Å². The number of nitrogens with zero attached hydrogens (tertiary/aromatic N) is 1. The van der Waals surface area contributed by atoms with Gasteiger partial charge in [0.05, 0.1) is 13.1 Å². The van der Waals surface area contributed by atoms with E-state index in [-0.39, 0.29) is 31.4 Å². The Morgan fingerprint density at radius 1 is 1.08 bits per heavy atom. The molecule has 25 heavy (non-hydrogen) atoms. The zero-order valence-electron chi connectivity index (χ0n) is 13.3. The Morgan fingerprint density at radius 2 is 1.76 bits per heavy atom. The summed E-state index contributed by atoms with van der Waals surface area (Å²) in [5.74, 6) is -0.598. The lowest BCUT2D eigenvalue weighted by molar-refractivity contribution is -0.125. The molecule has 0 atom stereocenters. The van der Waals surface area contributed by atoms with Gasteiger partial charge in [0.15, 0.2) is 0 Å². The summed E-state index contributed by atoms with van der Waals surface area (Å²) in [6.07, 6.45) is 0. The van der Waals surface area contributed by atoms with Crippen molar-refractivity contribution in [3.05, 3.63) is 70.2 Å². The number of rotatable bonds is 5. The van der Waals surface area contributed by atoms with E-state index in [1.54, 1.807) is 30.3 Å². The molecule has 1 heterocycles. The van der Waals surface area contributed by atoms with Crippen LogP contribution in [0.4, 0.5) is 4.79 Å². The molecule has 1 aliphatic rings. The van der Waals surface area contributed by atoms with Crippen LogP contribution in [0, 0.1) is 0 Å². The van der Waals surface area contributed by atoms with Gasteiger partial charge in [0.2, 0.25) is 5.91 Å². The number of nitrogens with one attached hydrogen (secondary N) is 2. The van der Waals surface area contributed by atoms with Crippen LogP contribution in [-0.4, -0.2) is 29.3 Å². The van der Waals surface area contributed by atoms with E-state index in [0.29, 0.717) is 16.1 Å². The number of hydrogen-bond donors (Lipinski definition) is 2. The van der Waals surface area contributed by atoms with Crippen molar-refractivity contribution in [2.45, 2.75) is 13.1 Å². The molecule has 128 valence electrons. The molecule has 0 spiro atoms. The molecule has 2 aromatic rings. The van der Waals surface area contributed by atoms with Gasteiger partial charge in [0.25, 0.3) is 5.91 Å². The maximum atomic E-state index is 12.5. The lowest BCUT2D eigenvalue weighted by Crippen LogP contribution is -2.32. The molecule has 0 bridgehead atoms. The summed E-state index contributed by atoms with van der Waals surface area (Å²) in [4.78, 5) is 37.1. The second kappa shape index (κ2) is 7.36. The number of hydrogen-bond acceptors (Lipinski definition) is 3. The summed E-state index contributed by atoms with van der Waals surface area (Å²) in [6.45, 7) is 0.329. The average Bonchev–Trinajstić information content (AvgIpc) is 2.93. The Labute approximate surface area is 149 Å². The van der Waals surface area contributed by atoms with Gasteiger partial charge in [-0.2, -0.15) is 0 Å². The molecule has 0 aliphatic carbocycles. The van der Waals surface area contributed by atoms with Gasteiger partial charge in [-0.25, -0.2) is 4.79 Å². The van der Waals surface area contributed by atoms with E-state index in [1.807, 2.05) is 18.2 Å². The lowest BCUT2D eigenvalue weighted by atomic mass is 10.1. The minimum atomic E-state index is -0.448. The van der Waals surface area contributed by atoms with Crippen LogP contribution >= 0.6 is 11.6 Å². The topological polar surface area (TPSA) is 78.5 Å². The van der Waals surface area contributed by atoms with Crippen LogP contribution in [0.2, 0.25) is 5.02 Å². The van der Waals surface area contributed by atoms with Gasteiger partial charge in [0.1, 0.15) is 0 Å². The van der Waals surface area contributed by atoms with E-state index in [4.69, 9.17) is 11.6 Å². The van der Waals surface area contributed by atoms with Gasteiger partial charge in [-0.3, -0.25) is 14.5 Å². The van der Waals surface area contributed by atoms with Gasteiger partial charge in [-0.15, -0.1) is 0 Å². The van der Waals surface area contributed by atoms with E-state index >= 15 is 0 Å². The number of imide groups is 1. The first-order valence-electron chi connectivity index (χ1n) is 7.74. The van der Waals surface area contributed by atoms with Crippen molar-refractivity contribution in [3.63, 3.8) is 0 Å². The molecule has 6 nitrogen and oxygen atoms in total.